The highest BCUT2D eigenvalue weighted by Crippen LogP contribution is 2.36. The van der Waals surface area contributed by atoms with E-state index in [1.165, 1.54) is 19.4 Å². The lowest BCUT2D eigenvalue weighted by molar-refractivity contribution is -0.117. The second kappa shape index (κ2) is 9.95. The van der Waals surface area contributed by atoms with Crippen LogP contribution in [0.4, 0.5) is 26.0 Å². The SMILES string of the molecule is C=C(OC)[C@H]1C(=O)Nc2c(cc(NCc3cnn(Cc4ccc(OC(F)F)nc4)c3)nc2C)N1C. The van der Waals surface area contributed by atoms with Crippen LogP contribution in [0.25, 0.3) is 0 Å². The zero-order chi connectivity index (χ0) is 25.1. The van der Waals surface area contributed by atoms with Crippen LogP contribution >= 0.6 is 0 Å². The Morgan fingerprint density at radius 1 is 1.31 bits per heavy atom. The summed E-state index contributed by atoms with van der Waals surface area (Å²) in [5, 5.41) is 10.5. The van der Waals surface area contributed by atoms with E-state index < -0.39 is 12.7 Å². The van der Waals surface area contributed by atoms with Crippen molar-refractivity contribution in [2.75, 3.05) is 29.7 Å². The first-order chi connectivity index (χ1) is 16.7. The Hall–Kier alpha value is -4.22. The smallest absolute Gasteiger partial charge is 0.388 e. The number of methoxy groups -OCH3 is 1. The summed E-state index contributed by atoms with van der Waals surface area (Å²) in [4.78, 5) is 22.8. The lowest BCUT2D eigenvalue weighted by atomic mass is 10.1. The summed E-state index contributed by atoms with van der Waals surface area (Å²) in [5.74, 6) is 0.622. The van der Waals surface area contributed by atoms with Crippen LogP contribution in [0.15, 0.2) is 49.1 Å². The number of hydrogen-bond acceptors (Lipinski definition) is 8. The predicted octanol–water partition coefficient (Wildman–Crippen LogP) is 3.16. The van der Waals surface area contributed by atoms with Gasteiger partial charge in [-0.05, 0) is 12.5 Å². The zero-order valence-corrected chi connectivity index (χ0v) is 19.5. The van der Waals surface area contributed by atoms with Gasteiger partial charge >= 0.3 is 6.61 Å². The minimum absolute atomic E-state index is 0.134. The van der Waals surface area contributed by atoms with Crippen LogP contribution in [0.3, 0.4) is 0 Å². The molecule has 0 bridgehead atoms. The van der Waals surface area contributed by atoms with Gasteiger partial charge in [0.1, 0.15) is 11.6 Å². The van der Waals surface area contributed by atoms with Gasteiger partial charge in [0.25, 0.3) is 5.91 Å². The van der Waals surface area contributed by atoms with Gasteiger partial charge in [-0.25, -0.2) is 9.97 Å². The van der Waals surface area contributed by atoms with Gasteiger partial charge in [0.2, 0.25) is 5.88 Å². The molecule has 10 nitrogen and oxygen atoms in total. The number of nitrogens with one attached hydrogen (secondary N) is 2. The first-order valence-corrected chi connectivity index (χ1v) is 10.7. The molecule has 35 heavy (non-hydrogen) atoms. The molecule has 0 aromatic carbocycles. The second-order valence-electron chi connectivity index (χ2n) is 7.94. The standard InChI is InChI=1S/C23H25F2N7O3/c1-13-20-17(31(3)21(14(2)34-4)22(33)30-20)7-18(29-13)26-9-16-10-28-32(12-16)11-15-5-6-19(27-8-15)35-23(24)25/h5-8,10,12,21,23H,2,9,11H2,1,3-4H3,(H,26,29)(H,30,33)/t21-/m0/s1. The van der Waals surface area contributed by atoms with Crippen molar-refractivity contribution in [3.05, 3.63) is 65.9 Å². The number of anilines is 3. The molecule has 1 aliphatic heterocycles. The summed E-state index contributed by atoms with van der Waals surface area (Å²) < 4.78 is 35.7. The molecule has 0 saturated heterocycles. The molecule has 1 amide bonds. The Morgan fingerprint density at radius 2 is 2.11 bits per heavy atom. The van der Waals surface area contributed by atoms with Crippen molar-refractivity contribution < 1.29 is 23.0 Å². The van der Waals surface area contributed by atoms with Crippen LogP contribution in [0.2, 0.25) is 0 Å². The van der Waals surface area contributed by atoms with E-state index in [0.29, 0.717) is 36.0 Å². The van der Waals surface area contributed by atoms with Crippen LogP contribution in [-0.2, 0) is 22.6 Å². The van der Waals surface area contributed by atoms with Crippen molar-refractivity contribution in [1.29, 1.82) is 0 Å². The van der Waals surface area contributed by atoms with E-state index in [1.807, 2.05) is 24.1 Å². The van der Waals surface area contributed by atoms with E-state index in [2.05, 4.69) is 37.0 Å². The summed E-state index contributed by atoms with van der Waals surface area (Å²) in [6.45, 7) is 3.64. The molecule has 12 heteroatoms. The number of amides is 1. The van der Waals surface area contributed by atoms with Crippen LogP contribution in [0.5, 0.6) is 5.88 Å². The number of aromatic nitrogens is 4. The number of likely N-dealkylation sites (N-methyl/N-ethyl adjacent to an activating group) is 1. The molecule has 0 radical (unpaired) electrons. The Kier molecular flexibility index (Phi) is 6.80. The van der Waals surface area contributed by atoms with E-state index >= 15 is 0 Å². The highest BCUT2D eigenvalue weighted by Gasteiger charge is 2.35. The van der Waals surface area contributed by atoms with Crippen molar-refractivity contribution in [2.45, 2.75) is 32.7 Å². The summed E-state index contributed by atoms with van der Waals surface area (Å²) in [6, 6.07) is 4.26. The van der Waals surface area contributed by atoms with Gasteiger partial charge in [0.05, 0.1) is 36.9 Å². The molecule has 3 aromatic heterocycles. The molecule has 2 N–H and O–H groups in total. The van der Waals surface area contributed by atoms with Gasteiger partial charge in [-0.2, -0.15) is 13.9 Å². The van der Waals surface area contributed by atoms with Crippen molar-refractivity contribution in [3.8, 4) is 5.88 Å². The van der Waals surface area contributed by atoms with E-state index in [4.69, 9.17) is 4.74 Å². The van der Waals surface area contributed by atoms with Crippen LogP contribution < -0.4 is 20.3 Å². The Morgan fingerprint density at radius 3 is 2.80 bits per heavy atom. The molecular weight excluding hydrogens is 460 g/mol. The topological polar surface area (TPSA) is 106 Å². The maximum atomic E-state index is 12.5. The van der Waals surface area contributed by atoms with Crippen molar-refractivity contribution in [3.63, 3.8) is 0 Å². The maximum absolute atomic E-state index is 12.5. The van der Waals surface area contributed by atoms with Gasteiger partial charge in [0.15, 0.2) is 6.04 Å². The fraction of sp³-hybridized carbons (Fsp3) is 0.304. The van der Waals surface area contributed by atoms with Crippen LogP contribution in [0, 0.1) is 6.92 Å². The fourth-order valence-electron chi connectivity index (χ4n) is 3.79. The highest BCUT2D eigenvalue weighted by atomic mass is 19.3. The zero-order valence-electron chi connectivity index (χ0n) is 19.5. The highest BCUT2D eigenvalue weighted by molar-refractivity contribution is 6.05. The van der Waals surface area contributed by atoms with E-state index in [9.17, 15) is 13.6 Å². The van der Waals surface area contributed by atoms with Crippen LogP contribution in [-0.4, -0.2) is 52.5 Å². The molecule has 1 atom stereocenters. The number of carbonyl (C=O) groups is 1. The average Bonchev–Trinajstić information content (AvgIpc) is 3.26. The van der Waals surface area contributed by atoms with Crippen LogP contribution in [0.1, 0.15) is 16.8 Å². The third-order valence-electron chi connectivity index (χ3n) is 5.52. The minimum Gasteiger partial charge on any atom is -0.499 e. The number of fused-ring (bicyclic) bond motifs is 1. The quantitative estimate of drug-likeness (QED) is 0.445. The summed E-state index contributed by atoms with van der Waals surface area (Å²) in [7, 11) is 3.29. The van der Waals surface area contributed by atoms with Gasteiger partial charge in [-0.1, -0.05) is 12.6 Å². The van der Waals surface area contributed by atoms with Gasteiger partial charge in [-0.15, -0.1) is 0 Å². The Bertz CT molecular complexity index is 1230. The molecule has 3 aromatic rings. The minimum atomic E-state index is -2.91. The van der Waals surface area contributed by atoms with Gasteiger partial charge < -0.3 is 25.0 Å². The van der Waals surface area contributed by atoms with E-state index in [0.717, 1.165) is 16.8 Å². The summed E-state index contributed by atoms with van der Waals surface area (Å²) in [6.07, 6.45) is 5.07. The number of carbonyl (C=O) groups excluding carboxylic acids is 1. The van der Waals surface area contributed by atoms with Crippen molar-refractivity contribution in [1.82, 2.24) is 19.7 Å². The van der Waals surface area contributed by atoms with Crippen molar-refractivity contribution in [2.24, 2.45) is 0 Å². The molecule has 4 heterocycles. The number of aryl methyl sites for hydroxylation is 1. The normalized spacial score (nSPS) is 15.0. The molecule has 4 rings (SSSR count). The molecule has 1 aliphatic rings. The lowest BCUT2D eigenvalue weighted by Gasteiger charge is -2.36. The average molecular weight is 485 g/mol. The van der Waals surface area contributed by atoms with Crippen molar-refractivity contribution >= 4 is 23.1 Å². The number of ether oxygens (including phenoxy) is 2. The number of halogens is 2. The third kappa shape index (κ3) is 5.31. The van der Waals surface area contributed by atoms with Gasteiger partial charge in [-0.3, -0.25) is 9.48 Å². The molecule has 0 saturated carbocycles. The number of alkyl halides is 2. The number of hydrogen-bond donors (Lipinski definition) is 2. The first kappa shape index (κ1) is 23.9. The third-order valence-corrected chi connectivity index (χ3v) is 5.52. The molecule has 184 valence electrons. The number of rotatable bonds is 9. The molecular formula is C23H25F2N7O3. The van der Waals surface area contributed by atoms with E-state index in [1.54, 1.807) is 24.0 Å². The predicted molar refractivity (Wildman–Crippen MR) is 125 cm³/mol. The monoisotopic (exact) mass is 485 g/mol. The lowest BCUT2D eigenvalue weighted by Crippen LogP contribution is -2.47. The largest absolute Gasteiger partial charge is 0.499 e. The summed E-state index contributed by atoms with van der Waals surface area (Å²) in [5.41, 5.74) is 3.83. The second-order valence-corrected chi connectivity index (χ2v) is 7.94. The number of pyridine rings is 2. The Balaban J connectivity index is 1.42. The van der Waals surface area contributed by atoms with E-state index in [-0.39, 0.29) is 11.8 Å². The number of nitrogens with zero attached hydrogens (tertiary/aromatic N) is 5. The Labute approximate surface area is 200 Å². The fourth-order valence-corrected chi connectivity index (χ4v) is 3.79. The summed E-state index contributed by atoms with van der Waals surface area (Å²) >= 11 is 0. The maximum Gasteiger partial charge on any atom is 0.388 e. The molecule has 0 aliphatic carbocycles. The molecule has 0 spiro atoms. The molecule has 0 fully saturated rings. The van der Waals surface area contributed by atoms with Gasteiger partial charge in [0, 0.05) is 43.7 Å². The molecule has 0 unspecified atom stereocenters. The first-order valence-electron chi connectivity index (χ1n) is 10.7.